The Kier molecular flexibility index (Phi) is 7.56. The van der Waals surface area contributed by atoms with Crippen molar-refractivity contribution in [3.05, 3.63) is 75.3 Å². The van der Waals surface area contributed by atoms with E-state index in [0.717, 1.165) is 11.1 Å². The van der Waals surface area contributed by atoms with Gasteiger partial charge in [-0.2, -0.15) is 0 Å². The SMILES string of the molecule is C=CCc1cc(/C=C2\C(=O)NC(=S)N(C)C2=O)cc(OC)c1OCc1ccc(Cl)cc1Cl. The molecule has 0 aromatic heterocycles. The molecule has 1 saturated heterocycles. The summed E-state index contributed by atoms with van der Waals surface area (Å²) in [6.07, 6.45) is 3.69. The number of hydrogen-bond donors (Lipinski definition) is 1. The quantitative estimate of drug-likeness (QED) is 0.266. The number of hydrogen-bond acceptors (Lipinski definition) is 5. The molecule has 1 aliphatic rings. The topological polar surface area (TPSA) is 67.9 Å². The van der Waals surface area contributed by atoms with Crippen LogP contribution in [0.2, 0.25) is 10.0 Å². The minimum atomic E-state index is -0.556. The molecule has 0 spiro atoms. The van der Waals surface area contributed by atoms with Gasteiger partial charge >= 0.3 is 0 Å². The van der Waals surface area contributed by atoms with E-state index in [1.807, 2.05) is 6.07 Å². The van der Waals surface area contributed by atoms with Crippen LogP contribution in [0.25, 0.3) is 6.08 Å². The van der Waals surface area contributed by atoms with Crippen LogP contribution in [0.3, 0.4) is 0 Å². The number of nitrogens with zero attached hydrogens (tertiary/aromatic N) is 1. The van der Waals surface area contributed by atoms with Crippen molar-refractivity contribution >= 4 is 58.4 Å². The van der Waals surface area contributed by atoms with Gasteiger partial charge < -0.3 is 9.47 Å². The molecular weight excluding hydrogens is 471 g/mol. The highest BCUT2D eigenvalue weighted by atomic mass is 35.5. The molecule has 0 radical (unpaired) electrons. The zero-order valence-electron chi connectivity index (χ0n) is 17.4. The van der Waals surface area contributed by atoms with E-state index in [-0.39, 0.29) is 17.3 Å². The number of nitrogens with one attached hydrogen (secondary N) is 1. The number of benzene rings is 2. The van der Waals surface area contributed by atoms with Crippen molar-refractivity contribution < 1.29 is 19.1 Å². The normalized spacial score (nSPS) is 15.1. The average Bonchev–Trinajstić information content (AvgIpc) is 2.75. The van der Waals surface area contributed by atoms with Gasteiger partial charge in [0.2, 0.25) is 0 Å². The smallest absolute Gasteiger partial charge is 0.265 e. The number of rotatable bonds is 7. The van der Waals surface area contributed by atoms with Gasteiger partial charge in [0.1, 0.15) is 12.2 Å². The van der Waals surface area contributed by atoms with Crippen LogP contribution in [0, 0.1) is 0 Å². The molecule has 3 rings (SSSR count). The monoisotopic (exact) mass is 490 g/mol. The largest absolute Gasteiger partial charge is 0.493 e. The molecule has 166 valence electrons. The second-order valence-electron chi connectivity index (χ2n) is 6.91. The van der Waals surface area contributed by atoms with Gasteiger partial charge in [-0.25, -0.2) is 0 Å². The molecular formula is C23H20Cl2N2O4S. The molecule has 1 aliphatic heterocycles. The van der Waals surface area contributed by atoms with Crippen molar-refractivity contribution in [2.75, 3.05) is 14.2 Å². The predicted octanol–water partition coefficient (Wildman–Crippen LogP) is 4.57. The lowest BCUT2D eigenvalue weighted by Crippen LogP contribution is -2.52. The number of likely N-dealkylation sites (N-methyl/N-ethyl adjacent to an activating group) is 1. The minimum absolute atomic E-state index is 0.0330. The Balaban J connectivity index is 1.98. The van der Waals surface area contributed by atoms with Crippen LogP contribution in [0.4, 0.5) is 0 Å². The Hall–Kier alpha value is -2.87. The van der Waals surface area contributed by atoms with Crippen molar-refractivity contribution in [3.8, 4) is 11.5 Å². The first-order valence-corrected chi connectivity index (χ1v) is 10.6. The van der Waals surface area contributed by atoms with E-state index < -0.39 is 11.8 Å². The number of halogens is 2. The summed E-state index contributed by atoms with van der Waals surface area (Å²) in [5, 5.41) is 3.58. The summed E-state index contributed by atoms with van der Waals surface area (Å²) < 4.78 is 11.6. The van der Waals surface area contributed by atoms with Gasteiger partial charge in [0.15, 0.2) is 16.6 Å². The third kappa shape index (κ3) is 5.12. The van der Waals surface area contributed by atoms with E-state index in [0.29, 0.717) is 33.5 Å². The number of allylic oxidation sites excluding steroid dienone is 1. The van der Waals surface area contributed by atoms with Crippen LogP contribution < -0.4 is 14.8 Å². The number of methoxy groups -OCH3 is 1. The molecule has 0 unspecified atom stereocenters. The van der Waals surface area contributed by atoms with Gasteiger partial charge in [-0.05, 0) is 54.5 Å². The molecule has 1 heterocycles. The van der Waals surface area contributed by atoms with Gasteiger partial charge in [0, 0.05) is 28.2 Å². The molecule has 1 N–H and O–H groups in total. The zero-order chi connectivity index (χ0) is 23.4. The summed E-state index contributed by atoms with van der Waals surface area (Å²) in [5.74, 6) is -0.0900. The highest BCUT2D eigenvalue weighted by Gasteiger charge is 2.31. The standard InChI is InChI=1S/C23H20Cl2N2O4S/c1-4-5-14-8-13(9-17-21(28)26-23(32)27(2)22(17)29)10-19(30-3)20(14)31-12-15-6-7-16(24)11-18(15)25/h4,6-11H,1,5,12H2,2-3H3,(H,26,28,32)/b17-9+. The fourth-order valence-electron chi connectivity index (χ4n) is 3.09. The van der Waals surface area contributed by atoms with Crippen molar-refractivity contribution in [2.24, 2.45) is 0 Å². The van der Waals surface area contributed by atoms with Crippen LogP contribution in [0.15, 0.2) is 48.6 Å². The number of ether oxygens (including phenoxy) is 2. The lowest BCUT2D eigenvalue weighted by molar-refractivity contribution is -0.128. The van der Waals surface area contributed by atoms with Crippen LogP contribution >= 0.6 is 35.4 Å². The van der Waals surface area contributed by atoms with Gasteiger partial charge in [-0.1, -0.05) is 35.3 Å². The molecule has 0 atom stereocenters. The number of carbonyl (C=O) groups excluding carboxylic acids is 2. The van der Waals surface area contributed by atoms with E-state index in [4.69, 9.17) is 44.9 Å². The Labute approximate surface area is 201 Å². The highest BCUT2D eigenvalue weighted by Crippen LogP contribution is 2.36. The first kappa shape index (κ1) is 23.8. The summed E-state index contributed by atoms with van der Waals surface area (Å²) in [7, 11) is 3.01. The summed E-state index contributed by atoms with van der Waals surface area (Å²) in [6, 6.07) is 8.67. The predicted molar refractivity (Wildman–Crippen MR) is 129 cm³/mol. The van der Waals surface area contributed by atoms with Crippen LogP contribution in [-0.4, -0.2) is 36.0 Å². The van der Waals surface area contributed by atoms with E-state index in [1.54, 1.807) is 30.3 Å². The van der Waals surface area contributed by atoms with Crippen molar-refractivity contribution in [3.63, 3.8) is 0 Å². The van der Waals surface area contributed by atoms with Crippen LogP contribution in [0.5, 0.6) is 11.5 Å². The van der Waals surface area contributed by atoms with Crippen molar-refractivity contribution in [2.45, 2.75) is 13.0 Å². The van der Waals surface area contributed by atoms with Crippen LogP contribution in [-0.2, 0) is 22.6 Å². The summed E-state index contributed by atoms with van der Waals surface area (Å²) in [5.41, 5.74) is 2.09. The van der Waals surface area contributed by atoms with Gasteiger partial charge in [0.05, 0.1) is 7.11 Å². The van der Waals surface area contributed by atoms with Crippen LogP contribution in [0.1, 0.15) is 16.7 Å². The van der Waals surface area contributed by atoms with E-state index in [1.165, 1.54) is 25.1 Å². The first-order chi connectivity index (χ1) is 15.2. The van der Waals surface area contributed by atoms with Crippen molar-refractivity contribution in [1.82, 2.24) is 10.2 Å². The summed E-state index contributed by atoms with van der Waals surface area (Å²) >= 11 is 17.2. The van der Waals surface area contributed by atoms with Gasteiger partial charge in [0.25, 0.3) is 11.8 Å². The Morgan fingerprint density at radius 1 is 1.19 bits per heavy atom. The van der Waals surface area contributed by atoms with Crippen molar-refractivity contribution in [1.29, 1.82) is 0 Å². The average molecular weight is 491 g/mol. The van der Waals surface area contributed by atoms with E-state index in [9.17, 15) is 9.59 Å². The molecule has 0 saturated carbocycles. The maximum absolute atomic E-state index is 12.5. The lowest BCUT2D eigenvalue weighted by Gasteiger charge is -2.25. The van der Waals surface area contributed by atoms with E-state index in [2.05, 4.69) is 11.9 Å². The highest BCUT2D eigenvalue weighted by molar-refractivity contribution is 7.80. The minimum Gasteiger partial charge on any atom is -0.493 e. The van der Waals surface area contributed by atoms with E-state index >= 15 is 0 Å². The first-order valence-electron chi connectivity index (χ1n) is 9.48. The summed E-state index contributed by atoms with van der Waals surface area (Å²) in [6.45, 7) is 3.99. The third-order valence-corrected chi connectivity index (χ3v) is 5.70. The molecule has 0 bridgehead atoms. The maximum atomic E-state index is 12.5. The second-order valence-corrected chi connectivity index (χ2v) is 8.14. The zero-order valence-corrected chi connectivity index (χ0v) is 19.7. The lowest BCUT2D eigenvalue weighted by atomic mass is 10.0. The number of carbonyl (C=O) groups is 2. The Morgan fingerprint density at radius 3 is 2.59 bits per heavy atom. The molecule has 1 fully saturated rings. The van der Waals surface area contributed by atoms with Gasteiger partial charge in [-0.15, -0.1) is 6.58 Å². The molecule has 2 aromatic carbocycles. The second kappa shape index (κ2) is 10.2. The Bertz CT molecular complexity index is 1150. The molecule has 6 nitrogen and oxygen atoms in total. The summed E-state index contributed by atoms with van der Waals surface area (Å²) in [4.78, 5) is 26.0. The third-order valence-electron chi connectivity index (χ3n) is 4.74. The molecule has 32 heavy (non-hydrogen) atoms. The maximum Gasteiger partial charge on any atom is 0.265 e. The number of amides is 2. The molecule has 9 heteroatoms. The molecule has 2 amide bonds. The van der Waals surface area contributed by atoms with Gasteiger partial charge in [-0.3, -0.25) is 19.8 Å². The molecule has 0 aliphatic carbocycles. The Morgan fingerprint density at radius 2 is 1.94 bits per heavy atom. The fourth-order valence-corrected chi connectivity index (χ4v) is 3.73. The molecule has 2 aromatic rings. The fraction of sp³-hybridized carbons (Fsp3) is 0.174. The number of thiocarbonyl (C=S) groups is 1.